The van der Waals surface area contributed by atoms with Crippen LogP contribution in [0.2, 0.25) is 0 Å². The Bertz CT molecular complexity index is 548. The van der Waals surface area contributed by atoms with Gasteiger partial charge >= 0.3 is 0 Å². The van der Waals surface area contributed by atoms with Crippen molar-refractivity contribution in [2.24, 2.45) is 0 Å². The maximum atomic E-state index is 11.9. The van der Waals surface area contributed by atoms with Gasteiger partial charge in [0.15, 0.2) is 0 Å². The number of rotatable bonds is 4. The normalized spacial score (nSPS) is 13.2. The van der Waals surface area contributed by atoms with Crippen molar-refractivity contribution in [3.05, 3.63) is 22.2 Å². The molecule has 0 bridgehead atoms. The van der Waals surface area contributed by atoms with Gasteiger partial charge in [0.2, 0.25) is 11.8 Å². The summed E-state index contributed by atoms with van der Waals surface area (Å²) in [7, 11) is 0. The average Bonchev–Trinajstić information content (AvgIpc) is 2.80. The number of nitrogens with one attached hydrogen (secondary N) is 1. The van der Waals surface area contributed by atoms with Gasteiger partial charge in [-0.3, -0.25) is 9.59 Å². The number of carbonyl (C=O) groups excluding carboxylic acids is 2. The highest BCUT2D eigenvalue weighted by atomic mass is 79.9. The molecule has 0 fully saturated rings. The predicted octanol–water partition coefficient (Wildman–Crippen LogP) is 3.32. The summed E-state index contributed by atoms with van der Waals surface area (Å²) < 4.78 is 0.897. The van der Waals surface area contributed by atoms with Crippen LogP contribution in [0, 0.1) is 0 Å². The van der Waals surface area contributed by atoms with E-state index in [1.807, 2.05) is 12.1 Å². The van der Waals surface area contributed by atoms with Crippen molar-refractivity contribution >= 4 is 50.7 Å². The molecule has 0 atom stereocenters. The van der Waals surface area contributed by atoms with E-state index in [0.29, 0.717) is 31.0 Å². The summed E-state index contributed by atoms with van der Waals surface area (Å²) in [5.41, 5.74) is 2.57. The fourth-order valence-corrected chi connectivity index (χ4v) is 3.00. The lowest BCUT2D eigenvalue weighted by Gasteiger charge is -2.19. The van der Waals surface area contributed by atoms with E-state index in [0.717, 1.165) is 22.1 Å². The van der Waals surface area contributed by atoms with Crippen LogP contribution < -0.4 is 10.2 Å². The number of carbonyl (C=O) groups is 2. The number of halogens is 2. The second-order valence-corrected chi connectivity index (χ2v) is 6.02. The van der Waals surface area contributed by atoms with Gasteiger partial charge in [-0.15, -0.1) is 11.6 Å². The molecule has 0 aliphatic carbocycles. The fraction of sp³-hybridized carbons (Fsp3) is 0.429. The summed E-state index contributed by atoms with van der Waals surface area (Å²) in [6.07, 6.45) is 1.82. The molecule has 6 heteroatoms. The quantitative estimate of drug-likeness (QED) is 0.839. The molecule has 1 heterocycles. The molecule has 0 saturated carbocycles. The molecule has 1 aliphatic rings. The molecule has 1 aromatic carbocycles. The van der Waals surface area contributed by atoms with Crippen molar-refractivity contribution < 1.29 is 9.59 Å². The summed E-state index contributed by atoms with van der Waals surface area (Å²) in [6.45, 7) is 2.20. The lowest BCUT2D eigenvalue weighted by Crippen LogP contribution is -2.27. The predicted molar refractivity (Wildman–Crippen MR) is 84.5 cm³/mol. The van der Waals surface area contributed by atoms with E-state index in [4.69, 9.17) is 11.6 Å². The molecule has 1 aliphatic heterocycles. The third-order valence-corrected chi connectivity index (χ3v) is 3.95. The van der Waals surface area contributed by atoms with Gasteiger partial charge in [0.05, 0.1) is 11.4 Å². The monoisotopic (exact) mass is 358 g/mol. The van der Waals surface area contributed by atoms with Gasteiger partial charge in [-0.25, -0.2) is 0 Å². The molecule has 4 nitrogen and oxygen atoms in total. The minimum Gasteiger partial charge on any atom is -0.324 e. The number of alkyl halides is 1. The lowest BCUT2D eigenvalue weighted by atomic mass is 10.1. The topological polar surface area (TPSA) is 49.4 Å². The van der Waals surface area contributed by atoms with Gasteiger partial charge in [0.1, 0.15) is 0 Å². The molecule has 2 amide bonds. The standard InChI is InChI=1S/C14H16BrClN2O2/c1-9(19)18-6-4-10-7-11(15)8-12(14(10)18)17-13(20)3-2-5-16/h7-8H,2-6H2,1H3,(H,17,20). The first-order valence-corrected chi connectivity index (χ1v) is 7.82. The van der Waals surface area contributed by atoms with Crippen molar-refractivity contribution in [2.75, 3.05) is 22.6 Å². The molecular formula is C14H16BrClN2O2. The van der Waals surface area contributed by atoms with E-state index in [1.54, 1.807) is 4.90 Å². The number of nitrogens with zero attached hydrogens (tertiary/aromatic N) is 1. The van der Waals surface area contributed by atoms with E-state index >= 15 is 0 Å². The molecule has 0 aromatic heterocycles. The summed E-state index contributed by atoms with van der Waals surface area (Å²) in [6, 6.07) is 3.82. The maximum absolute atomic E-state index is 11.9. The number of amides is 2. The van der Waals surface area contributed by atoms with Gasteiger partial charge in [-0.2, -0.15) is 0 Å². The van der Waals surface area contributed by atoms with Crippen LogP contribution in [-0.2, 0) is 16.0 Å². The largest absolute Gasteiger partial charge is 0.324 e. The molecule has 1 aromatic rings. The number of benzene rings is 1. The van der Waals surface area contributed by atoms with E-state index < -0.39 is 0 Å². The number of hydrogen-bond donors (Lipinski definition) is 1. The lowest BCUT2D eigenvalue weighted by molar-refractivity contribution is -0.117. The Morgan fingerprint density at radius 2 is 2.20 bits per heavy atom. The number of fused-ring (bicyclic) bond motifs is 1. The molecule has 0 saturated heterocycles. The van der Waals surface area contributed by atoms with Crippen LogP contribution in [0.5, 0.6) is 0 Å². The SMILES string of the molecule is CC(=O)N1CCc2cc(Br)cc(NC(=O)CCCCl)c21. The fourth-order valence-electron chi connectivity index (χ4n) is 2.36. The summed E-state index contributed by atoms with van der Waals surface area (Å²) in [4.78, 5) is 25.3. The molecule has 0 unspecified atom stereocenters. The Morgan fingerprint density at radius 3 is 2.85 bits per heavy atom. The van der Waals surface area contributed by atoms with Gasteiger partial charge in [0.25, 0.3) is 0 Å². The Hall–Kier alpha value is -1.07. The number of anilines is 2. The minimum absolute atomic E-state index is 0.0117. The first-order chi connectivity index (χ1) is 9.52. The smallest absolute Gasteiger partial charge is 0.224 e. The van der Waals surface area contributed by atoms with E-state index in [-0.39, 0.29) is 11.8 Å². The van der Waals surface area contributed by atoms with Crippen LogP contribution in [0.15, 0.2) is 16.6 Å². The van der Waals surface area contributed by atoms with Crippen LogP contribution >= 0.6 is 27.5 Å². The third kappa shape index (κ3) is 3.33. The van der Waals surface area contributed by atoms with Crippen LogP contribution in [-0.4, -0.2) is 24.2 Å². The van der Waals surface area contributed by atoms with Gasteiger partial charge in [-0.05, 0) is 30.5 Å². The average molecular weight is 360 g/mol. The third-order valence-electron chi connectivity index (χ3n) is 3.22. The Kier molecular flexibility index (Phi) is 5.05. The number of hydrogen-bond acceptors (Lipinski definition) is 2. The highest BCUT2D eigenvalue weighted by molar-refractivity contribution is 9.10. The van der Waals surface area contributed by atoms with Crippen LogP contribution in [0.4, 0.5) is 11.4 Å². The second kappa shape index (κ2) is 6.59. The molecule has 0 radical (unpaired) electrons. The molecule has 20 heavy (non-hydrogen) atoms. The van der Waals surface area contributed by atoms with Crippen molar-refractivity contribution in [2.45, 2.75) is 26.2 Å². The Morgan fingerprint density at radius 1 is 1.45 bits per heavy atom. The first-order valence-electron chi connectivity index (χ1n) is 6.49. The van der Waals surface area contributed by atoms with Gasteiger partial charge < -0.3 is 10.2 Å². The van der Waals surface area contributed by atoms with Crippen LogP contribution in [0.25, 0.3) is 0 Å². The molecular weight excluding hydrogens is 344 g/mol. The zero-order valence-corrected chi connectivity index (χ0v) is 13.6. The summed E-state index contributed by atoms with van der Waals surface area (Å²) in [5.74, 6) is 0.368. The Balaban J connectivity index is 2.29. The second-order valence-electron chi connectivity index (χ2n) is 4.72. The van der Waals surface area contributed by atoms with E-state index in [2.05, 4.69) is 21.2 Å². The van der Waals surface area contributed by atoms with Gasteiger partial charge in [-0.1, -0.05) is 15.9 Å². The van der Waals surface area contributed by atoms with E-state index in [1.165, 1.54) is 6.92 Å². The summed E-state index contributed by atoms with van der Waals surface area (Å²) in [5, 5.41) is 2.88. The van der Waals surface area contributed by atoms with Crippen molar-refractivity contribution in [1.82, 2.24) is 0 Å². The van der Waals surface area contributed by atoms with E-state index in [9.17, 15) is 9.59 Å². The highest BCUT2D eigenvalue weighted by Crippen LogP contribution is 2.38. The molecule has 2 rings (SSSR count). The van der Waals surface area contributed by atoms with Crippen molar-refractivity contribution in [3.63, 3.8) is 0 Å². The first kappa shape index (κ1) is 15.3. The molecule has 108 valence electrons. The van der Waals surface area contributed by atoms with Crippen LogP contribution in [0.3, 0.4) is 0 Å². The Labute approximate surface area is 131 Å². The minimum atomic E-state index is -0.0821. The van der Waals surface area contributed by atoms with Crippen molar-refractivity contribution in [3.8, 4) is 0 Å². The van der Waals surface area contributed by atoms with Crippen molar-refractivity contribution in [1.29, 1.82) is 0 Å². The molecule has 1 N–H and O–H groups in total. The maximum Gasteiger partial charge on any atom is 0.224 e. The highest BCUT2D eigenvalue weighted by Gasteiger charge is 2.26. The summed E-state index contributed by atoms with van der Waals surface area (Å²) >= 11 is 9.03. The zero-order valence-electron chi connectivity index (χ0n) is 11.2. The van der Waals surface area contributed by atoms with Crippen LogP contribution in [0.1, 0.15) is 25.3 Å². The molecule has 0 spiro atoms. The zero-order chi connectivity index (χ0) is 14.7. The van der Waals surface area contributed by atoms with Gasteiger partial charge in [0, 0.05) is 30.2 Å².